The number of furan rings is 1. The van der Waals surface area contributed by atoms with Gasteiger partial charge < -0.3 is 9.15 Å². The summed E-state index contributed by atoms with van der Waals surface area (Å²) >= 11 is 2.60. The van der Waals surface area contributed by atoms with Gasteiger partial charge in [0.25, 0.3) is 10.0 Å². The quantitative estimate of drug-likeness (QED) is 0.356. The fourth-order valence-corrected chi connectivity index (χ4v) is 7.67. The fourth-order valence-electron chi connectivity index (χ4n) is 4.06. The number of thiophene rings is 1. The molecular weight excluding hydrogens is 494 g/mol. The minimum absolute atomic E-state index is 0.145. The zero-order valence-electron chi connectivity index (χ0n) is 18.4. The van der Waals surface area contributed by atoms with Crippen molar-refractivity contribution < 1.29 is 22.4 Å². The van der Waals surface area contributed by atoms with Crippen molar-refractivity contribution in [3.63, 3.8) is 0 Å². The van der Waals surface area contributed by atoms with Crippen LogP contribution in [0.25, 0.3) is 10.2 Å². The van der Waals surface area contributed by atoms with Crippen LogP contribution in [0.2, 0.25) is 0 Å². The molecule has 1 aliphatic rings. The van der Waals surface area contributed by atoms with E-state index in [0.29, 0.717) is 40.2 Å². The maximum Gasteiger partial charge on any atom is 0.252 e. The van der Waals surface area contributed by atoms with E-state index in [2.05, 4.69) is 0 Å². The van der Waals surface area contributed by atoms with E-state index in [4.69, 9.17) is 14.1 Å². The van der Waals surface area contributed by atoms with Gasteiger partial charge in [-0.3, -0.25) is 9.69 Å². The SMILES string of the molecule is COc1ccc2sc(N(Cc3ccco3)C(=O)C3CCCN(S(=O)(=O)c4cccs4)C3)nc2c1. The standard InChI is InChI=1S/C23H23N3O5S3/c1-30-17-8-9-20-19(13-17)24-23(33-20)26(15-18-6-3-11-31-18)22(27)16-5-2-10-25(14-16)34(28,29)21-7-4-12-32-21/h3-4,6-9,11-13,16H,2,5,10,14-15H2,1H3. The molecule has 1 atom stereocenters. The molecule has 0 radical (unpaired) electrons. The lowest BCUT2D eigenvalue weighted by Gasteiger charge is -2.33. The molecule has 0 bridgehead atoms. The normalized spacial score (nSPS) is 17.1. The Morgan fingerprint density at radius 1 is 1.29 bits per heavy atom. The van der Waals surface area contributed by atoms with Gasteiger partial charge in [-0.25, -0.2) is 13.4 Å². The van der Waals surface area contributed by atoms with Gasteiger partial charge in [-0.15, -0.1) is 11.3 Å². The van der Waals surface area contributed by atoms with Crippen LogP contribution in [0.4, 0.5) is 5.13 Å². The van der Waals surface area contributed by atoms with Crippen LogP contribution in [-0.2, 0) is 21.4 Å². The van der Waals surface area contributed by atoms with E-state index in [9.17, 15) is 13.2 Å². The van der Waals surface area contributed by atoms with Crippen molar-refractivity contribution in [2.75, 3.05) is 25.1 Å². The van der Waals surface area contributed by atoms with Crippen LogP contribution in [0.15, 0.2) is 62.7 Å². The lowest BCUT2D eigenvalue weighted by Crippen LogP contribution is -2.46. The molecule has 1 unspecified atom stereocenters. The van der Waals surface area contributed by atoms with Gasteiger partial charge in [0.2, 0.25) is 5.91 Å². The zero-order chi connectivity index (χ0) is 23.7. The number of anilines is 1. The van der Waals surface area contributed by atoms with Crippen LogP contribution >= 0.6 is 22.7 Å². The van der Waals surface area contributed by atoms with Gasteiger partial charge in [0, 0.05) is 19.2 Å². The fraction of sp³-hybridized carbons (Fsp3) is 0.304. The second-order valence-corrected chi connectivity index (χ2v) is 12.1. The van der Waals surface area contributed by atoms with E-state index in [-0.39, 0.29) is 19.0 Å². The van der Waals surface area contributed by atoms with Gasteiger partial charge in [0.15, 0.2) is 5.13 Å². The molecule has 34 heavy (non-hydrogen) atoms. The number of sulfonamides is 1. The zero-order valence-corrected chi connectivity index (χ0v) is 20.9. The number of rotatable bonds is 7. The Kier molecular flexibility index (Phi) is 6.43. The molecule has 1 aliphatic heterocycles. The smallest absolute Gasteiger partial charge is 0.252 e. The Bertz CT molecular complexity index is 1380. The first kappa shape index (κ1) is 23.0. The second-order valence-electron chi connectivity index (χ2n) is 7.97. The summed E-state index contributed by atoms with van der Waals surface area (Å²) in [6, 6.07) is 12.5. The van der Waals surface area contributed by atoms with Crippen molar-refractivity contribution in [1.82, 2.24) is 9.29 Å². The minimum Gasteiger partial charge on any atom is -0.497 e. The number of nitrogens with zero attached hydrogens (tertiary/aromatic N) is 3. The number of fused-ring (bicyclic) bond motifs is 1. The Morgan fingerprint density at radius 2 is 2.18 bits per heavy atom. The minimum atomic E-state index is -3.62. The van der Waals surface area contributed by atoms with Crippen molar-refractivity contribution in [3.8, 4) is 5.75 Å². The number of ether oxygens (including phenoxy) is 1. The monoisotopic (exact) mass is 517 g/mol. The van der Waals surface area contributed by atoms with Crippen LogP contribution in [0.5, 0.6) is 5.75 Å². The number of carbonyl (C=O) groups is 1. The summed E-state index contributed by atoms with van der Waals surface area (Å²) in [7, 11) is -2.02. The Hall–Kier alpha value is -2.73. The second kappa shape index (κ2) is 9.49. The maximum absolute atomic E-state index is 13.8. The van der Waals surface area contributed by atoms with Gasteiger partial charge in [0.1, 0.15) is 15.7 Å². The van der Waals surface area contributed by atoms with Gasteiger partial charge in [-0.1, -0.05) is 17.4 Å². The van der Waals surface area contributed by atoms with Gasteiger partial charge in [0.05, 0.1) is 36.1 Å². The number of benzene rings is 1. The molecular formula is C23H23N3O5S3. The molecule has 0 N–H and O–H groups in total. The van der Waals surface area contributed by atoms with E-state index in [1.54, 1.807) is 41.9 Å². The predicted molar refractivity (Wildman–Crippen MR) is 132 cm³/mol. The highest BCUT2D eigenvalue weighted by Crippen LogP contribution is 2.34. The first-order chi connectivity index (χ1) is 16.5. The highest BCUT2D eigenvalue weighted by molar-refractivity contribution is 7.91. The summed E-state index contributed by atoms with van der Waals surface area (Å²) in [6.45, 7) is 0.770. The molecule has 3 aromatic heterocycles. The Balaban J connectivity index is 1.45. The van der Waals surface area contributed by atoms with Crippen molar-refractivity contribution >= 4 is 54.0 Å². The first-order valence-corrected chi connectivity index (χ1v) is 13.9. The van der Waals surface area contributed by atoms with Crippen LogP contribution < -0.4 is 9.64 Å². The number of thiazole rings is 1. The number of hydrogen-bond acceptors (Lipinski definition) is 8. The van der Waals surface area contributed by atoms with Crippen molar-refractivity contribution in [1.29, 1.82) is 0 Å². The van der Waals surface area contributed by atoms with Crippen LogP contribution in [0.1, 0.15) is 18.6 Å². The van der Waals surface area contributed by atoms with Crippen LogP contribution in [0.3, 0.4) is 0 Å². The number of piperidine rings is 1. The number of hydrogen-bond donors (Lipinski definition) is 0. The number of methoxy groups -OCH3 is 1. The molecule has 1 saturated heterocycles. The molecule has 0 spiro atoms. The third kappa shape index (κ3) is 4.48. The molecule has 5 rings (SSSR count). The summed E-state index contributed by atoms with van der Waals surface area (Å²) in [5.74, 6) is 0.688. The van der Waals surface area contributed by atoms with E-state index in [0.717, 1.165) is 10.2 Å². The molecule has 1 amide bonds. The summed E-state index contributed by atoms with van der Waals surface area (Å²) in [5.41, 5.74) is 0.738. The highest BCUT2D eigenvalue weighted by Gasteiger charge is 2.36. The molecule has 178 valence electrons. The molecule has 1 fully saturated rings. The molecule has 11 heteroatoms. The Labute approximate surface area is 205 Å². The molecule has 0 saturated carbocycles. The summed E-state index contributed by atoms with van der Waals surface area (Å²) in [6.07, 6.45) is 2.80. The van der Waals surface area contributed by atoms with Crippen molar-refractivity contribution in [3.05, 3.63) is 59.9 Å². The van der Waals surface area contributed by atoms with Gasteiger partial charge >= 0.3 is 0 Å². The summed E-state index contributed by atoms with van der Waals surface area (Å²) in [4.78, 5) is 20.1. The van der Waals surface area contributed by atoms with E-state index in [1.807, 2.05) is 24.3 Å². The summed E-state index contributed by atoms with van der Waals surface area (Å²) < 4.78 is 39.6. The molecule has 1 aromatic carbocycles. The van der Waals surface area contributed by atoms with Crippen molar-refractivity contribution in [2.45, 2.75) is 23.6 Å². The molecule has 4 aromatic rings. The lowest BCUT2D eigenvalue weighted by molar-refractivity contribution is -0.123. The molecule has 8 nitrogen and oxygen atoms in total. The van der Waals surface area contributed by atoms with E-state index in [1.165, 1.54) is 27.0 Å². The lowest BCUT2D eigenvalue weighted by atomic mass is 9.98. The van der Waals surface area contributed by atoms with Gasteiger partial charge in [-0.05, 0) is 48.6 Å². The average molecular weight is 518 g/mol. The van der Waals surface area contributed by atoms with E-state index >= 15 is 0 Å². The third-order valence-corrected chi connectivity index (χ3v) is 10.1. The predicted octanol–water partition coefficient (Wildman–Crippen LogP) is 4.59. The third-order valence-electron chi connectivity index (χ3n) is 5.80. The summed E-state index contributed by atoms with van der Waals surface area (Å²) in [5, 5.41) is 2.29. The maximum atomic E-state index is 13.8. The Morgan fingerprint density at radius 3 is 2.91 bits per heavy atom. The number of carbonyl (C=O) groups excluding carboxylic acids is 1. The first-order valence-electron chi connectivity index (χ1n) is 10.8. The molecule has 4 heterocycles. The number of amides is 1. The largest absolute Gasteiger partial charge is 0.497 e. The van der Waals surface area contributed by atoms with Gasteiger partial charge in [-0.2, -0.15) is 4.31 Å². The average Bonchev–Trinajstić information content (AvgIpc) is 3.63. The van der Waals surface area contributed by atoms with E-state index < -0.39 is 15.9 Å². The number of aromatic nitrogens is 1. The molecule has 0 aliphatic carbocycles. The van der Waals surface area contributed by atoms with Crippen molar-refractivity contribution in [2.24, 2.45) is 5.92 Å². The highest BCUT2D eigenvalue weighted by atomic mass is 32.2. The van der Waals surface area contributed by atoms with Crippen LogP contribution in [-0.4, -0.2) is 43.8 Å². The van der Waals surface area contributed by atoms with Crippen LogP contribution in [0, 0.1) is 5.92 Å². The topological polar surface area (TPSA) is 93.0 Å².